The third-order valence-electron chi connectivity index (χ3n) is 4.38. The van der Waals surface area contributed by atoms with Crippen LogP contribution in [0.15, 0.2) is 77.6 Å². The highest BCUT2D eigenvalue weighted by Gasteiger charge is 2.13. The minimum atomic E-state index is -0.245. The van der Waals surface area contributed by atoms with E-state index in [1.807, 2.05) is 67.6 Å². The zero-order valence-corrected chi connectivity index (χ0v) is 16.4. The molecule has 0 aliphatic rings. The van der Waals surface area contributed by atoms with Crippen molar-refractivity contribution < 1.29 is 14.1 Å². The summed E-state index contributed by atoms with van der Waals surface area (Å²) in [5, 5.41) is 6.90. The number of hydrogen-bond acceptors (Lipinski definition) is 6. The Morgan fingerprint density at radius 2 is 2.00 bits per heavy atom. The van der Waals surface area contributed by atoms with Crippen LogP contribution in [0, 0.1) is 6.92 Å². The zero-order chi connectivity index (χ0) is 20.8. The van der Waals surface area contributed by atoms with Gasteiger partial charge in [0.2, 0.25) is 11.7 Å². The second-order valence-electron chi connectivity index (χ2n) is 6.74. The summed E-state index contributed by atoms with van der Waals surface area (Å²) in [4.78, 5) is 20.9. The number of amides is 1. The summed E-state index contributed by atoms with van der Waals surface area (Å²) in [5.74, 6) is 1.34. The minimum Gasteiger partial charge on any atom is -0.484 e. The van der Waals surface area contributed by atoms with Crippen molar-refractivity contribution in [3.8, 4) is 17.1 Å². The Kier molecular flexibility index (Phi) is 5.80. The van der Waals surface area contributed by atoms with E-state index in [9.17, 15) is 4.79 Å². The van der Waals surface area contributed by atoms with Crippen LogP contribution in [-0.2, 0) is 11.2 Å². The Hall–Kier alpha value is -4.00. The molecule has 0 aliphatic carbocycles. The Labute approximate surface area is 173 Å². The van der Waals surface area contributed by atoms with Gasteiger partial charge in [-0.25, -0.2) is 0 Å². The molecule has 7 heteroatoms. The Morgan fingerprint density at radius 1 is 1.10 bits per heavy atom. The number of anilines is 1. The van der Waals surface area contributed by atoms with Gasteiger partial charge in [-0.3, -0.25) is 9.78 Å². The molecule has 2 heterocycles. The van der Waals surface area contributed by atoms with Crippen molar-refractivity contribution in [2.24, 2.45) is 0 Å². The summed E-state index contributed by atoms with van der Waals surface area (Å²) in [5.41, 5.74) is 3.39. The van der Waals surface area contributed by atoms with Gasteiger partial charge in [-0.1, -0.05) is 35.5 Å². The second kappa shape index (κ2) is 9.00. The van der Waals surface area contributed by atoms with E-state index in [4.69, 9.17) is 9.26 Å². The van der Waals surface area contributed by atoms with E-state index in [0.717, 1.165) is 16.7 Å². The molecule has 0 saturated heterocycles. The Morgan fingerprint density at radius 3 is 2.83 bits per heavy atom. The fourth-order valence-electron chi connectivity index (χ4n) is 2.94. The van der Waals surface area contributed by atoms with E-state index >= 15 is 0 Å². The van der Waals surface area contributed by atoms with Crippen molar-refractivity contribution in [3.63, 3.8) is 0 Å². The topological polar surface area (TPSA) is 90.1 Å². The maximum absolute atomic E-state index is 12.4. The van der Waals surface area contributed by atoms with Gasteiger partial charge in [-0.2, -0.15) is 4.98 Å². The molecule has 1 N–H and O–H groups in total. The van der Waals surface area contributed by atoms with Crippen LogP contribution >= 0.6 is 0 Å². The molecule has 0 fully saturated rings. The predicted molar refractivity (Wildman–Crippen MR) is 112 cm³/mol. The Balaban J connectivity index is 1.41. The van der Waals surface area contributed by atoms with Crippen molar-refractivity contribution >= 4 is 11.6 Å². The molecule has 7 nitrogen and oxygen atoms in total. The zero-order valence-electron chi connectivity index (χ0n) is 16.4. The maximum Gasteiger partial charge on any atom is 0.262 e. The first kappa shape index (κ1) is 19.3. The lowest BCUT2D eigenvalue weighted by Crippen LogP contribution is -2.21. The normalized spacial score (nSPS) is 10.6. The van der Waals surface area contributed by atoms with Gasteiger partial charge < -0.3 is 14.6 Å². The van der Waals surface area contributed by atoms with Crippen molar-refractivity contribution in [1.82, 2.24) is 15.1 Å². The van der Waals surface area contributed by atoms with Crippen LogP contribution < -0.4 is 10.1 Å². The quantitative estimate of drug-likeness (QED) is 0.503. The predicted octanol–water partition coefficient (Wildman–Crippen LogP) is 4.05. The van der Waals surface area contributed by atoms with Gasteiger partial charge >= 0.3 is 0 Å². The van der Waals surface area contributed by atoms with Crippen LogP contribution in [0.2, 0.25) is 0 Å². The number of pyridine rings is 1. The molecule has 1 amide bonds. The highest BCUT2D eigenvalue weighted by atomic mass is 16.5. The molecule has 0 aliphatic heterocycles. The molecule has 0 saturated carbocycles. The average Bonchev–Trinajstić information content (AvgIpc) is 3.23. The van der Waals surface area contributed by atoms with Crippen molar-refractivity contribution in [2.75, 3.05) is 11.9 Å². The first-order chi connectivity index (χ1) is 14.7. The molecular formula is C23H20N4O3. The second-order valence-corrected chi connectivity index (χ2v) is 6.74. The van der Waals surface area contributed by atoms with Crippen LogP contribution in [0.4, 0.5) is 5.69 Å². The number of rotatable bonds is 7. The first-order valence-corrected chi connectivity index (χ1v) is 9.47. The lowest BCUT2D eigenvalue weighted by atomic mass is 10.1. The van der Waals surface area contributed by atoms with Gasteiger partial charge in [0.1, 0.15) is 5.75 Å². The van der Waals surface area contributed by atoms with Gasteiger partial charge in [-0.15, -0.1) is 0 Å². The largest absolute Gasteiger partial charge is 0.484 e. The number of carbonyl (C=O) groups is 1. The molecule has 2 aromatic carbocycles. The van der Waals surface area contributed by atoms with Gasteiger partial charge in [0.25, 0.3) is 5.91 Å². The van der Waals surface area contributed by atoms with Crippen molar-refractivity contribution in [2.45, 2.75) is 13.3 Å². The molecule has 0 radical (unpaired) electrons. The molecule has 150 valence electrons. The molecule has 0 bridgehead atoms. The number of nitrogens with one attached hydrogen (secondary N) is 1. The third-order valence-corrected chi connectivity index (χ3v) is 4.38. The smallest absolute Gasteiger partial charge is 0.262 e. The van der Waals surface area contributed by atoms with Crippen molar-refractivity contribution in [1.29, 1.82) is 0 Å². The van der Waals surface area contributed by atoms with Crippen LogP contribution in [0.25, 0.3) is 11.4 Å². The fraction of sp³-hybridized carbons (Fsp3) is 0.130. The first-order valence-electron chi connectivity index (χ1n) is 9.47. The van der Waals surface area contributed by atoms with E-state index < -0.39 is 0 Å². The standard InChI is InChI=1S/C23H20N4O3/c1-16-6-4-9-19(12-16)29-15-21(28)25-20-10-3-2-7-17(20)13-22-26-23(27-30-22)18-8-5-11-24-14-18/h2-12,14H,13,15H2,1H3,(H,25,28). The molecule has 30 heavy (non-hydrogen) atoms. The van der Waals surface area contributed by atoms with E-state index in [1.54, 1.807) is 12.4 Å². The van der Waals surface area contributed by atoms with Crippen LogP contribution in [0.5, 0.6) is 5.75 Å². The number of para-hydroxylation sites is 1. The van der Waals surface area contributed by atoms with E-state index in [0.29, 0.717) is 29.6 Å². The molecular weight excluding hydrogens is 380 g/mol. The SMILES string of the molecule is Cc1cccc(OCC(=O)Nc2ccccc2Cc2nc(-c3cccnc3)no2)c1. The van der Waals surface area contributed by atoms with Gasteiger partial charge in [-0.05, 0) is 48.4 Å². The number of nitrogens with zero attached hydrogens (tertiary/aromatic N) is 3. The molecule has 4 rings (SSSR count). The van der Waals surface area contributed by atoms with Gasteiger partial charge in [0.05, 0.1) is 6.42 Å². The number of ether oxygens (including phenoxy) is 1. The van der Waals surface area contributed by atoms with Crippen LogP contribution in [0.3, 0.4) is 0 Å². The van der Waals surface area contributed by atoms with Crippen LogP contribution in [-0.4, -0.2) is 27.6 Å². The fourth-order valence-corrected chi connectivity index (χ4v) is 2.94. The minimum absolute atomic E-state index is 0.0799. The summed E-state index contributed by atoms with van der Waals surface area (Å²) in [7, 11) is 0. The number of hydrogen-bond donors (Lipinski definition) is 1. The molecule has 0 spiro atoms. The number of benzene rings is 2. The highest BCUT2D eigenvalue weighted by Crippen LogP contribution is 2.21. The van der Waals surface area contributed by atoms with Gasteiger partial charge in [0, 0.05) is 23.6 Å². The average molecular weight is 400 g/mol. The molecule has 4 aromatic rings. The highest BCUT2D eigenvalue weighted by molar-refractivity contribution is 5.92. The lowest BCUT2D eigenvalue weighted by molar-refractivity contribution is -0.118. The molecule has 2 aromatic heterocycles. The molecule has 0 atom stereocenters. The summed E-state index contributed by atoms with van der Waals surface area (Å²) < 4.78 is 10.9. The summed E-state index contributed by atoms with van der Waals surface area (Å²) in [6.07, 6.45) is 3.76. The number of aromatic nitrogens is 3. The van der Waals surface area contributed by atoms with Crippen molar-refractivity contribution in [3.05, 3.63) is 90.1 Å². The van der Waals surface area contributed by atoms with E-state index in [1.165, 1.54) is 0 Å². The lowest BCUT2D eigenvalue weighted by Gasteiger charge is -2.11. The van der Waals surface area contributed by atoms with E-state index in [2.05, 4.69) is 20.4 Å². The van der Waals surface area contributed by atoms with E-state index in [-0.39, 0.29) is 12.5 Å². The summed E-state index contributed by atoms with van der Waals surface area (Å²) >= 11 is 0. The number of carbonyl (C=O) groups excluding carboxylic acids is 1. The summed E-state index contributed by atoms with van der Waals surface area (Å²) in [6, 6.07) is 18.7. The molecule has 0 unspecified atom stereocenters. The Bertz CT molecular complexity index is 1140. The van der Waals surface area contributed by atoms with Gasteiger partial charge in [0.15, 0.2) is 6.61 Å². The van der Waals surface area contributed by atoms with Crippen LogP contribution in [0.1, 0.15) is 17.0 Å². The third kappa shape index (κ3) is 4.88. The summed E-state index contributed by atoms with van der Waals surface area (Å²) in [6.45, 7) is 1.89. The maximum atomic E-state index is 12.4. The monoisotopic (exact) mass is 400 g/mol. The number of aryl methyl sites for hydroxylation is 1.